The third-order valence-electron chi connectivity index (χ3n) is 6.83. The molecule has 0 spiro atoms. The van der Waals surface area contributed by atoms with Crippen LogP contribution in [-0.4, -0.2) is 36.6 Å². The van der Waals surface area contributed by atoms with Crippen LogP contribution in [0.3, 0.4) is 0 Å². The van der Waals surface area contributed by atoms with Crippen LogP contribution in [0.2, 0.25) is 0 Å². The van der Waals surface area contributed by atoms with Gasteiger partial charge >= 0.3 is 5.97 Å². The predicted molar refractivity (Wildman–Crippen MR) is 86.4 cm³/mol. The number of hydrogen-bond acceptors (Lipinski definition) is 3. The third-order valence-corrected chi connectivity index (χ3v) is 6.83. The zero-order chi connectivity index (χ0) is 15.3. The normalized spacial score (nSPS) is 42.3. The van der Waals surface area contributed by atoms with Crippen LogP contribution in [0.5, 0.6) is 0 Å². The average molecular weight is 303 g/mol. The molecular weight excluding hydrogens is 274 g/mol. The fourth-order valence-electron chi connectivity index (χ4n) is 5.56. The van der Waals surface area contributed by atoms with E-state index in [0.29, 0.717) is 11.3 Å². The number of hydrogen-bond donors (Lipinski definition) is 0. The molecule has 4 atom stereocenters. The maximum Gasteiger partial charge on any atom is 0.310 e. The molecule has 2 aliphatic carbocycles. The van der Waals surface area contributed by atoms with E-state index in [2.05, 4.69) is 18.7 Å². The maximum atomic E-state index is 12.5. The molecule has 122 valence electrons. The molecule has 2 aliphatic heterocycles. The Labute approximate surface area is 134 Å². The molecule has 0 radical (unpaired) electrons. The first-order valence-electron chi connectivity index (χ1n) is 9.19. The minimum Gasteiger partial charge on any atom is -0.462 e. The van der Waals surface area contributed by atoms with E-state index in [1.807, 2.05) is 0 Å². The number of ether oxygens (including phenoxy) is 1. The highest BCUT2D eigenvalue weighted by atomic mass is 16.6. The van der Waals surface area contributed by atoms with Crippen molar-refractivity contribution >= 4 is 5.97 Å². The van der Waals surface area contributed by atoms with Crippen LogP contribution < -0.4 is 0 Å². The fraction of sp³-hybridized carbons (Fsp3) is 0.842. The molecule has 1 saturated carbocycles. The van der Waals surface area contributed by atoms with Gasteiger partial charge in [-0.15, -0.1) is 0 Å². The number of carbonyl (C=O) groups is 1. The van der Waals surface area contributed by atoms with Gasteiger partial charge in [-0.3, -0.25) is 4.79 Å². The number of rotatable bonds is 2. The minimum absolute atomic E-state index is 0.0856. The lowest BCUT2D eigenvalue weighted by Gasteiger charge is -2.45. The maximum absolute atomic E-state index is 12.5. The lowest BCUT2D eigenvalue weighted by atomic mass is 9.59. The Morgan fingerprint density at radius 1 is 1.27 bits per heavy atom. The van der Waals surface area contributed by atoms with Gasteiger partial charge in [0.15, 0.2) is 0 Å². The van der Waals surface area contributed by atoms with Gasteiger partial charge < -0.3 is 9.64 Å². The lowest BCUT2D eigenvalue weighted by molar-refractivity contribution is -0.145. The second kappa shape index (κ2) is 5.36. The topological polar surface area (TPSA) is 29.5 Å². The van der Waals surface area contributed by atoms with Crippen molar-refractivity contribution in [1.29, 1.82) is 0 Å². The Morgan fingerprint density at radius 2 is 2.05 bits per heavy atom. The Hall–Kier alpha value is -0.830. The number of likely N-dealkylation sites (tertiary alicyclic amines) is 1. The van der Waals surface area contributed by atoms with Crippen LogP contribution in [0.15, 0.2) is 11.1 Å². The van der Waals surface area contributed by atoms with Crippen molar-refractivity contribution in [2.75, 3.05) is 19.6 Å². The van der Waals surface area contributed by atoms with E-state index < -0.39 is 0 Å². The van der Waals surface area contributed by atoms with E-state index in [9.17, 15) is 4.79 Å². The summed E-state index contributed by atoms with van der Waals surface area (Å²) in [7, 11) is 0. The average Bonchev–Trinajstić information content (AvgIpc) is 3.06. The van der Waals surface area contributed by atoms with E-state index in [0.717, 1.165) is 19.4 Å². The third kappa shape index (κ3) is 2.33. The number of fused-ring (bicyclic) bond motifs is 2. The summed E-state index contributed by atoms with van der Waals surface area (Å²) in [5.74, 6) is 0.640. The van der Waals surface area contributed by atoms with Gasteiger partial charge in [0.05, 0.1) is 5.92 Å². The summed E-state index contributed by atoms with van der Waals surface area (Å²) in [6.45, 7) is 7.99. The van der Waals surface area contributed by atoms with E-state index in [4.69, 9.17) is 4.74 Å². The van der Waals surface area contributed by atoms with Gasteiger partial charge in [0.2, 0.25) is 0 Å². The summed E-state index contributed by atoms with van der Waals surface area (Å²) in [6, 6.07) is 0. The molecule has 0 aromatic rings. The highest BCUT2D eigenvalue weighted by Gasteiger charge is 2.53. The molecule has 0 amide bonds. The summed E-state index contributed by atoms with van der Waals surface area (Å²) in [6.07, 6.45) is 8.76. The SMILES string of the molecule is CC1=C2CC3C(CC2(C)CCC1)OC(=O)C3CN1CCCC1. The van der Waals surface area contributed by atoms with Crippen LogP contribution in [0.25, 0.3) is 0 Å². The smallest absolute Gasteiger partial charge is 0.310 e. The van der Waals surface area contributed by atoms with E-state index in [1.165, 1.54) is 45.2 Å². The zero-order valence-electron chi connectivity index (χ0n) is 14.1. The molecule has 2 heterocycles. The summed E-state index contributed by atoms with van der Waals surface area (Å²) in [5.41, 5.74) is 3.57. The summed E-state index contributed by atoms with van der Waals surface area (Å²) in [4.78, 5) is 14.9. The number of carbonyl (C=O) groups excluding carboxylic acids is 1. The van der Waals surface area contributed by atoms with Crippen LogP contribution in [0.1, 0.15) is 58.8 Å². The fourth-order valence-corrected chi connectivity index (χ4v) is 5.56. The molecule has 0 N–H and O–H groups in total. The van der Waals surface area contributed by atoms with Crippen molar-refractivity contribution in [3.63, 3.8) is 0 Å². The van der Waals surface area contributed by atoms with E-state index in [-0.39, 0.29) is 18.0 Å². The Morgan fingerprint density at radius 3 is 2.82 bits per heavy atom. The molecule has 0 bridgehead atoms. The largest absolute Gasteiger partial charge is 0.462 e. The van der Waals surface area contributed by atoms with Crippen molar-refractivity contribution in [1.82, 2.24) is 4.90 Å². The molecule has 4 aliphatic rings. The number of allylic oxidation sites excluding steroid dienone is 2. The van der Waals surface area contributed by atoms with Crippen molar-refractivity contribution < 1.29 is 9.53 Å². The highest BCUT2D eigenvalue weighted by molar-refractivity contribution is 5.76. The minimum atomic E-state index is 0.0856. The van der Waals surface area contributed by atoms with Gasteiger partial charge in [-0.05, 0) is 70.4 Å². The van der Waals surface area contributed by atoms with Gasteiger partial charge in [-0.1, -0.05) is 18.1 Å². The molecule has 22 heavy (non-hydrogen) atoms. The van der Waals surface area contributed by atoms with Gasteiger partial charge in [-0.2, -0.15) is 0 Å². The molecule has 4 rings (SSSR count). The molecule has 3 fully saturated rings. The van der Waals surface area contributed by atoms with Gasteiger partial charge in [0.1, 0.15) is 6.10 Å². The first-order valence-corrected chi connectivity index (χ1v) is 9.19. The van der Waals surface area contributed by atoms with Gasteiger partial charge in [-0.25, -0.2) is 0 Å². The van der Waals surface area contributed by atoms with Crippen molar-refractivity contribution in [3.8, 4) is 0 Å². The first-order chi connectivity index (χ1) is 10.6. The van der Waals surface area contributed by atoms with Crippen LogP contribution >= 0.6 is 0 Å². The molecule has 0 aromatic heterocycles. The lowest BCUT2D eigenvalue weighted by Crippen LogP contribution is -2.41. The van der Waals surface area contributed by atoms with E-state index >= 15 is 0 Å². The molecule has 4 unspecified atom stereocenters. The Kier molecular flexibility index (Phi) is 3.60. The van der Waals surface area contributed by atoms with Crippen LogP contribution in [0.4, 0.5) is 0 Å². The first kappa shape index (κ1) is 14.7. The predicted octanol–water partition coefficient (Wildman–Crippen LogP) is 3.54. The second-order valence-electron chi connectivity index (χ2n) is 8.33. The van der Waals surface area contributed by atoms with Gasteiger partial charge in [0, 0.05) is 12.5 Å². The monoisotopic (exact) mass is 303 g/mol. The van der Waals surface area contributed by atoms with Crippen LogP contribution in [0, 0.1) is 17.3 Å². The van der Waals surface area contributed by atoms with Crippen LogP contribution in [-0.2, 0) is 9.53 Å². The number of nitrogens with zero attached hydrogens (tertiary/aromatic N) is 1. The van der Waals surface area contributed by atoms with Crippen molar-refractivity contribution in [2.24, 2.45) is 17.3 Å². The molecule has 3 heteroatoms. The summed E-state index contributed by atoms with van der Waals surface area (Å²) < 4.78 is 5.85. The summed E-state index contributed by atoms with van der Waals surface area (Å²) in [5, 5.41) is 0. The second-order valence-corrected chi connectivity index (χ2v) is 8.33. The van der Waals surface area contributed by atoms with Crippen molar-refractivity contribution in [2.45, 2.75) is 64.9 Å². The van der Waals surface area contributed by atoms with Gasteiger partial charge in [0.25, 0.3) is 0 Å². The highest BCUT2D eigenvalue weighted by Crippen LogP contribution is 2.55. The zero-order valence-corrected chi connectivity index (χ0v) is 14.1. The summed E-state index contributed by atoms with van der Waals surface area (Å²) >= 11 is 0. The van der Waals surface area contributed by atoms with E-state index in [1.54, 1.807) is 11.1 Å². The Bertz CT molecular complexity index is 506. The number of esters is 1. The Balaban J connectivity index is 1.56. The standard InChI is InChI=1S/C19H29NO2/c1-13-6-5-7-19(2)11-17-14(10-16(13)19)15(18(21)22-17)12-20-8-3-4-9-20/h14-15,17H,3-12H2,1-2H3. The molecule has 3 nitrogen and oxygen atoms in total. The quantitative estimate of drug-likeness (QED) is 0.577. The van der Waals surface area contributed by atoms with Crippen molar-refractivity contribution in [3.05, 3.63) is 11.1 Å². The molecule has 2 saturated heterocycles. The molecule has 0 aromatic carbocycles. The molecular formula is C19H29NO2.